The lowest BCUT2D eigenvalue weighted by molar-refractivity contribution is 0.585. The Labute approximate surface area is 167 Å². The number of rotatable bonds is 6. The van der Waals surface area contributed by atoms with Gasteiger partial charge in [-0.1, -0.05) is 43.3 Å². The van der Waals surface area contributed by atoms with Crippen molar-refractivity contribution in [2.24, 2.45) is 0 Å². The van der Waals surface area contributed by atoms with E-state index in [0.717, 1.165) is 40.0 Å². The zero-order valence-corrected chi connectivity index (χ0v) is 16.6. The quantitative estimate of drug-likeness (QED) is 0.408. The molecule has 0 N–H and O–H groups in total. The summed E-state index contributed by atoms with van der Waals surface area (Å²) >= 11 is 1.53. The maximum atomic E-state index is 13.4. The lowest BCUT2D eigenvalue weighted by Crippen LogP contribution is -2.25. The molecule has 2 heterocycles. The van der Waals surface area contributed by atoms with Crippen LogP contribution in [0.2, 0.25) is 0 Å². The molecule has 0 saturated carbocycles. The highest BCUT2D eigenvalue weighted by molar-refractivity contribution is 7.17. The van der Waals surface area contributed by atoms with Gasteiger partial charge in [0.1, 0.15) is 10.7 Å². The third-order valence-electron chi connectivity index (χ3n) is 4.98. The summed E-state index contributed by atoms with van der Waals surface area (Å²) in [6.07, 6.45) is 2.80. The summed E-state index contributed by atoms with van der Waals surface area (Å²) in [5.41, 5.74) is 1.99. The zero-order valence-electron chi connectivity index (χ0n) is 15.8. The number of nitriles is 1. The van der Waals surface area contributed by atoms with Crippen LogP contribution in [0.15, 0.2) is 52.6 Å². The van der Waals surface area contributed by atoms with Crippen LogP contribution in [0, 0.1) is 11.3 Å². The first-order valence-corrected chi connectivity index (χ1v) is 10.5. The summed E-state index contributed by atoms with van der Waals surface area (Å²) in [6.45, 7) is 2.63. The molecule has 0 saturated heterocycles. The van der Waals surface area contributed by atoms with Crippen molar-refractivity contribution in [2.75, 3.05) is 0 Å². The number of nitrogens with zero attached hydrogens (tertiary/aromatic N) is 3. The van der Waals surface area contributed by atoms with Crippen LogP contribution in [0.1, 0.15) is 32.0 Å². The highest BCUT2D eigenvalue weighted by Crippen LogP contribution is 2.33. The Hall–Kier alpha value is -2.97. The molecule has 0 radical (unpaired) electrons. The largest absolute Gasteiger partial charge is 0.296 e. The summed E-state index contributed by atoms with van der Waals surface area (Å²) in [5, 5.41) is 13.9. The van der Waals surface area contributed by atoms with Crippen molar-refractivity contribution in [3.63, 3.8) is 0 Å². The van der Waals surface area contributed by atoms with Gasteiger partial charge in [0.15, 0.2) is 0 Å². The predicted molar refractivity (Wildman–Crippen MR) is 116 cm³/mol. The second kappa shape index (κ2) is 7.95. The van der Waals surface area contributed by atoms with E-state index in [1.54, 1.807) is 4.57 Å². The van der Waals surface area contributed by atoms with Gasteiger partial charge in [-0.2, -0.15) is 5.26 Å². The first-order chi connectivity index (χ1) is 13.7. The number of hydrogen-bond acceptors (Lipinski definition) is 4. The highest BCUT2D eigenvalue weighted by Gasteiger charge is 2.17. The fourth-order valence-electron chi connectivity index (χ4n) is 3.60. The van der Waals surface area contributed by atoms with Gasteiger partial charge in [0, 0.05) is 30.3 Å². The Morgan fingerprint density at radius 3 is 2.79 bits per heavy atom. The van der Waals surface area contributed by atoms with E-state index >= 15 is 0 Å². The Kier molecular flexibility index (Phi) is 5.23. The van der Waals surface area contributed by atoms with E-state index in [1.165, 1.54) is 16.7 Å². The topological polar surface area (TPSA) is 58.7 Å². The lowest BCUT2D eigenvalue weighted by Gasteiger charge is -2.12. The molecule has 0 bridgehead atoms. The molecule has 0 aliphatic rings. The number of unbranched alkanes of at least 4 members (excludes halogenated alkanes) is 1. The van der Waals surface area contributed by atoms with Crippen LogP contribution in [-0.4, -0.2) is 9.55 Å². The molecule has 2 aromatic carbocycles. The van der Waals surface area contributed by atoms with Gasteiger partial charge >= 0.3 is 0 Å². The van der Waals surface area contributed by atoms with Gasteiger partial charge in [0.25, 0.3) is 5.56 Å². The van der Waals surface area contributed by atoms with Crippen LogP contribution >= 0.6 is 11.3 Å². The molecule has 0 aliphatic heterocycles. The van der Waals surface area contributed by atoms with Gasteiger partial charge < -0.3 is 0 Å². The molecular weight excluding hydrogens is 366 g/mol. The first-order valence-electron chi connectivity index (χ1n) is 9.60. The average molecular weight is 388 g/mol. The predicted octanol–water partition coefficient (Wildman–Crippen LogP) is 5.53. The smallest absolute Gasteiger partial charge is 0.262 e. The molecule has 4 aromatic rings. The molecule has 28 heavy (non-hydrogen) atoms. The number of fused-ring (bicyclic) bond motifs is 2. The maximum absolute atomic E-state index is 13.4. The third-order valence-corrected chi connectivity index (χ3v) is 5.85. The summed E-state index contributed by atoms with van der Waals surface area (Å²) < 4.78 is 1.78. The molecule has 5 heteroatoms. The standard InChI is InChI=1S/C23H21N3OS/c1-2-7-20-25-22-21(23(27)26(20)13-6-5-12-24)19(15-28-22)18-11-10-16-8-3-4-9-17(16)14-18/h3-4,8-11,14-15H,2,5-7,13H2,1H3. The Morgan fingerprint density at radius 1 is 1.18 bits per heavy atom. The minimum atomic E-state index is 0.01000. The summed E-state index contributed by atoms with van der Waals surface area (Å²) in [7, 11) is 0. The minimum absolute atomic E-state index is 0.01000. The average Bonchev–Trinajstić information content (AvgIpc) is 3.14. The normalized spacial score (nSPS) is 11.1. The van der Waals surface area contributed by atoms with Crippen molar-refractivity contribution in [3.8, 4) is 17.2 Å². The molecule has 4 rings (SSSR count). The van der Waals surface area contributed by atoms with Crippen LogP contribution < -0.4 is 5.56 Å². The molecular formula is C23H21N3OS. The van der Waals surface area contributed by atoms with Crippen LogP contribution in [0.3, 0.4) is 0 Å². The molecule has 0 aliphatic carbocycles. The van der Waals surface area contributed by atoms with Gasteiger partial charge in [-0.15, -0.1) is 11.3 Å². The molecule has 0 amide bonds. The van der Waals surface area contributed by atoms with Crippen LogP contribution in [-0.2, 0) is 13.0 Å². The van der Waals surface area contributed by atoms with Crippen molar-refractivity contribution in [2.45, 2.75) is 39.2 Å². The van der Waals surface area contributed by atoms with Gasteiger partial charge in [-0.3, -0.25) is 9.36 Å². The number of thiophene rings is 1. The Bertz CT molecular complexity index is 1250. The van der Waals surface area contributed by atoms with Gasteiger partial charge in [0.05, 0.1) is 11.5 Å². The molecule has 0 unspecified atom stereocenters. The zero-order chi connectivity index (χ0) is 19.5. The Balaban J connectivity index is 1.88. The number of aromatic nitrogens is 2. The Morgan fingerprint density at radius 2 is 2.00 bits per heavy atom. The fraction of sp³-hybridized carbons (Fsp3) is 0.261. The molecule has 0 spiro atoms. The van der Waals surface area contributed by atoms with E-state index in [2.05, 4.69) is 43.3 Å². The molecule has 2 aromatic heterocycles. The van der Waals surface area contributed by atoms with E-state index in [4.69, 9.17) is 10.2 Å². The van der Waals surface area contributed by atoms with E-state index in [0.29, 0.717) is 24.8 Å². The maximum Gasteiger partial charge on any atom is 0.262 e. The SMILES string of the molecule is CCCc1nc2scc(-c3ccc4ccccc4c3)c2c(=O)n1CCCC#N. The van der Waals surface area contributed by atoms with Crippen molar-refractivity contribution >= 4 is 32.3 Å². The van der Waals surface area contributed by atoms with E-state index in [-0.39, 0.29) is 5.56 Å². The molecule has 4 nitrogen and oxygen atoms in total. The molecule has 0 atom stereocenters. The highest BCUT2D eigenvalue weighted by atomic mass is 32.1. The van der Waals surface area contributed by atoms with Crippen molar-refractivity contribution in [3.05, 3.63) is 64.0 Å². The van der Waals surface area contributed by atoms with Crippen molar-refractivity contribution in [1.82, 2.24) is 9.55 Å². The number of benzene rings is 2. The number of aryl methyl sites for hydroxylation is 1. The van der Waals surface area contributed by atoms with E-state index in [9.17, 15) is 4.79 Å². The lowest BCUT2D eigenvalue weighted by atomic mass is 10.0. The molecule has 0 fully saturated rings. The van der Waals surface area contributed by atoms with E-state index < -0.39 is 0 Å². The van der Waals surface area contributed by atoms with Crippen LogP contribution in [0.4, 0.5) is 0 Å². The second-order valence-electron chi connectivity index (χ2n) is 6.89. The summed E-state index contributed by atoms with van der Waals surface area (Å²) in [5.74, 6) is 0.824. The first kappa shape index (κ1) is 18.4. The molecule has 140 valence electrons. The second-order valence-corrected chi connectivity index (χ2v) is 7.75. The van der Waals surface area contributed by atoms with Gasteiger partial charge in [0.2, 0.25) is 0 Å². The van der Waals surface area contributed by atoms with Crippen LogP contribution in [0.5, 0.6) is 0 Å². The summed E-state index contributed by atoms with van der Waals surface area (Å²) in [6, 6.07) is 16.7. The van der Waals surface area contributed by atoms with Gasteiger partial charge in [-0.25, -0.2) is 4.98 Å². The fourth-order valence-corrected chi connectivity index (χ4v) is 4.55. The third kappa shape index (κ3) is 3.32. The number of hydrogen-bond donors (Lipinski definition) is 0. The van der Waals surface area contributed by atoms with Crippen LogP contribution in [0.25, 0.3) is 32.1 Å². The van der Waals surface area contributed by atoms with Crippen molar-refractivity contribution in [1.29, 1.82) is 5.26 Å². The summed E-state index contributed by atoms with van der Waals surface area (Å²) in [4.78, 5) is 19.0. The monoisotopic (exact) mass is 387 g/mol. The van der Waals surface area contributed by atoms with Crippen molar-refractivity contribution < 1.29 is 0 Å². The minimum Gasteiger partial charge on any atom is -0.296 e. The van der Waals surface area contributed by atoms with Gasteiger partial charge in [-0.05, 0) is 35.2 Å². The van der Waals surface area contributed by atoms with E-state index in [1.807, 2.05) is 17.5 Å².